The van der Waals surface area contributed by atoms with Gasteiger partial charge in [0.05, 0.1) is 0 Å². The number of aliphatic hydroxyl groups is 1. The molecule has 2 rings (SSSR count). The smallest absolute Gasteiger partial charge is 0.115 e. The molecule has 1 atom stereocenters. The molecule has 2 aromatic rings. The van der Waals surface area contributed by atoms with Crippen LogP contribution < -0.4 is 0 Å². The standard InChI is InChI=1S/C11H11NOS/c1-8-4-5-12-7-9(8)11(13)10-3-2-6-14-10/h2-7,11,13H,1H3. The summed E-state index contributed by atoms with van der Waals surface area (Å²) in [7, 11) is 0. The van der Waals surface area contributed by atoms with Crippen LogP contribution >= 0.6 is 11.3 Å². The van der Waals surface area contributed by atoms with Gasteiger partial charge < -0.3 is 5.11 Å². The number of rotatable bonds is 2. The lowest BCUT2D eigenvalue weighted by atomic mass is 10.1. The fraction of sp³-hybridized carbons (Fsp3) is 0.182. The molecular formula is C11H11NOS. The van der Waals surface area contributed by atoms with Crippen LogP contribution in [0.4, 0.5) is 0 Å². The van der Waals surface area contributed by atoms with Crippen molar-refractivity contribution >= 4 is 11.3 Å². The van der Waals surface area contributed by atoms with Crippen LogP contribution in [0.5, 0.6) is 0 Å². The van der Waals surface area contributed by atoms with Gasteiger partial charge >= 0.3 is 0 Å². The predicted molar refractivity (Wildman–Crippen MR) is 57.4 cm³/mol. The van der Waals surface area contributed by atoms with E-state index < -0.39 is 6.10 Å². The molecule has 0 saturated heterocycles. The van der Waals surface area contributed by atoms with Crippen LogP contribution in [-0.4, -0.2) is 10.1 Å². The van der Waals surface area contributed by atoms with E-state index in [1.54, 1.807) is 23.7 Å². The Morgan fingerprint density at radius 1 is 1.43 bits per heavy atom. The quantitative estimate of drug-likeness (QED) is 0.817. The Kier molecular flexibility index (Phi) is 2.61. The molecule has 0 bridgehead atoms. The van der Waals surface area contributed by atoms with E-state index in [-0.39, 0.29) is 0 Å². The molecule has 0 aliphatic heterocycles. The molecule has 0 amide bonds. The van der Waals surface area contributed by atoms with Crippen molar-refractivity contribution in [3.8, 4) is 0 Å². The molecule has 72 valence electrons. The van der Waals surface area contributed by atoms with E-state index >= 15 is 0 Å². The summed E-state index contributed by atoms with van der Waals surface area (Å²) in [5.74, 6) is 0. The highest BCUT2D eigenvalue weighted by Gasteiger charge is 2.13. The number of hydrogen-bond donors (Lipinski definition) is 1. The van der Waals surface area contributed by atoms with Gasteiger partial charge in [-0.1, -0.05) is 6.07 Å². The van der Waals surface area contributed by atoms with Crippen molar-refractivity contribution in [2.45, 2.75) is 13.0 Å². The fourth-order valence-electron chi connectivity index (χ4n) is 1.36. The summed E-state index contributed by atoms with van der Waals surface area (Å²) in [6.45, 7) is 1.98. The zero-order valence-corrected chi connectivity index (χ0v) is 8.66. The summed E-state index contributed by atoms with van der Waals surface area (Å²) >= 11 is 1.56. The van der Waals surface area contributed by atoms with Crippen molar-refractivity contribution in [1.82, 2.24) is 4.98 Å². The van der Waals surface area contributed by atoms with Gasteiger partial charge in [0.25, 0.3) is 0 Å². The molecule has 2 nitrogen and oxygen atoms in total. The van der Waals surface area contributed by atoms with Crippen molar-refractivity contribution < 1.29 is 5.11 Å². The summed E-state index contributed by atoms with van der Waals surface area (Å²) in [5, 5.41) is 12.0. The Morgan fingerprint density at radius 3 is 2.93 bits per heavy atom. The molecule has 3 heteroatoms. The third kappa shape index (κ3) is 1.69. The Balaban J connectivity index is 2.37. The zero-order chi connectivity index (χ0) is 9.97. The average Bonchev–Trinajstić information content (AvgIpc) is 2.70. The van der Waals surface area contributed by atoms with E-state index in [4.69, 9.17) is 0 Å². The van der Waals surface area contributed by atoms with Gasteiger partial charge in [-0.2, -0.15) is 0 Å². The molecule has 0 aliphatic carbocycles. The highest BCUT2D eigenvalue weighted by Crippen LogP contribution is 2.26. The Morgan fingerprint density at radius 2 is 2.29 bits per heavy atom. The van der Waals surface area contributed by atoms with E-state index in [2.05, 4.69) is 4.98 Å². The Labute approximate surface area is 86.9 Å². The second kappa shape index (κ2) is 3.90. The lowest BCUT2D eigenvalue weighted by molar-refractivity contribution is 0.223. The van der Waals surface area contributed by atoms with Crippen LogP contribution in [0.2, 0.25) is 0 Å². The fourth-order valence-corrected chi connectivity index (χ4v) is 2.09. The predicted octanol–water partition coefficient (Wildman–Crippen LogP) is 2.53. The van der Waals surface area contributed by atoms with Crippen molar-refractivity contribution in [1.29, 1.82) is 0 Å². The zero-order valence-electron chi connectivity index (χ0n) is 7.84. The van der Waals surface area contributed by atoms with Gasteiger partial charge in [-0.3, -0.25) is 4.98 Å². The van der Waals surface area contributed by atoms with Crippen LogP contribution in [0, 0.1) is 6.92 Å². The third-order valence-corrected chi connectivity index (χ3v) is 3.11. The monoisotopic (exact) mass is 205 g/mol. The number of aryl methyl sites for hydroxylation is 1. The molecule has 2 aromatic heterocycles. The number of nitrogens with zero attached hydrogens (tertiary/aromatic N) is 1. The molecule has 0 fully saturated rings. The molecule has 0 spiro atoms. The molecule has 1 N–H and O–H groups in total. The van der Waals surface area contributed by atoms with E-state index in [0.29, 0.717) is 0 Å². The summed E-state index contributed by atoms with van der Waals surface area (Å²) in [5.41, 5.74) is 1.95. The number of pyridine rings is 1. The first-order chi connectivity index (χ1) is 6.79. The normalized spacial score (nSPS) is 12.7. The van der Waals surface area contributed by atoms with Crippen LogP contribution in [0.15, 0.2) is 36.0 Å². The summed E-state index contributed by atoms with van der Waals surface area (Å²) in [6, 6.07) is 5.78. The SMILES string of the molecule is Cc1ccncc1C(O)c1cccs1. The number of thiophene rings is 1. The minimum atomic E-state index is -0.538. The molecule has 0 aromatic carbocycles. The van der Waals surface area contributed by atoms with Crippen LogP contribution in [-0.2, 0) is 0 Å². The van der Waals surface area contributed by atoms with E-state index in [0.717, 1.165) is 16.0 Å². The van der Waals surface area contributed by atoms with Gasteiger partial charge in [-0.15, -0.1) is 11.3 Å². The summed E-state index contributed by atoms with van der Waals surface area (Å²) < 4.78 is 0. The minimum Gasteiger partial charge on any atom is -0.383 e. The molecule has 1 unspecified atom stereocenters. The Bertz CT molecular complexity index is 411. The third-order valence-electron chi connectivity index (χ3n) is 2.19. The van der Waals surface area contributed by atoms with Crippen molar-refractivity contribution in [3.63, 3.8) is 0 Å². The maximum Gasteiger partial charge on any atom is 0.115 e. The van der Waals surface area contributed by atoms with E-state index in [1.807, 2.05) is 30.5 Å². The molecular weight excluding hydrogens is 194 g/mol. The van der Waals surface area contributed by atoms with Gasteiger partial charge in [0.2, 0.25) is 0 Å². The molecule has 14 heavy (non-hydrogen) atoms. The largest absolute Gasteiger partial charge is 0.383 e. The lowest BCUT2D eigenvalue weighted by Crippen LogP contribution is -2.00. The summed E-state index contributed by atoms with van der Waals surface area (Å²) in [4.78, 5) is 4.98. The van der Waals surface area contributed by atoms with Gasteiger partial charge in [0, 0.05) is 22.8 Å². The summed E-state index contributed by atoms with van der Waals surface area (Å²) in [6.07, 6.45) is 2.92. The minimum absolute atomic E-state index is 0.538. The van der Waals surface area contributed by atoms with E-state index in [1.165, 1.54) is 0 Å². The first-order valence-corrected chi connectivity index (χ1v) is 5.29. The maximum absolute atomic E-state index is 10.0. The highest BCUT2D eigenvalue weighted by molar-refractivity contribution is 7.10. The van der Waals surface area contributed by atoms with Crippen molar-refractivity contribution in [2.24, 2.45) is 0 Å². The first-order valence-electron chi connectivity index (χ1n) is 4.41. The van der Waals surface area contributed by atoms with Gasteiger partial charge in [0.15, 0.2) is 0 Å². The van der Waals surface area contributed by atoms with Crippen LogP contribution in [0.25, 0.3) is 0 Å². The van der Waals surface area contributed by atoms with E-state index in [9.17, 15) is 5.11 Å². The van der Waals surface area contributed by atoms with Gasteiger partial charge in [-0.25, -0.2) is 0 Å². The molecule has 0 radical (unpaired) electrons. The van der Waals surface area contributed by atoms with Crippen molar-refractivity contribution in [2.75, 3.05) is 0 Å². The van der Waals surface area contributed by atoms with Crippen LogP contribution in [0.3, 0.4) is 0 Å². The number of aromatic nitrogens is 1. The molecule has 2 heterocycles. The van der Waals surface area contributed by atoms with Gasteiger partial charge in [0.1, 0.15) is 6.10 Å². The first kappa shape index (κ1) is 9.37. The van der Waals surface area contributed by atoms with Crippen molar-refractivity contribution in [3.05, 3.63) is 52.0 Å². The number of aliphatic hydroxyl groups excluding tert-OH is 1. The van der Waals surface area contributed by atoms with Gasteiger partial charge in [-0.05, 0) is 30.0 Å². The average molecular weight is 205 g/mol. The van der Waals surface area contributed by atoms with Crippen LogP contribution in [0.1, 0.15) is 22.1 Å². The Hall–Kier alpha value is -1.19. The number of hydrogen-bond acceptors (Lipinski definition) is 3. The molecule has 0 saturated carbocycles. The second-order valence-electron chi connectivity index (χ2n) is 3.15. The highest BCUT2D eigenvalue weighted by atomic mass is 32.1. The molecule has 0 aliphatic rings. The second-order valence-corrected chi connectivity index (χ2v) is 4.13. The maximum atomic E-state index is 10.0. The lowest BCUT2D eigenvalue weighted by Gasteiger charge is -2.10. The topological polar surface area (TPSA) is 33.1 Å².